The maximum atomic E-state index is 13.6. The average Bonchev–Trinajstić information content (AvgIpc) is 3.22. The Hall–Kier alpha value is -2.73. The molecule has 2 amide bonds. The summed E-state index contributed by atoms with van der Waals surface area (Å²) < 4.78 is 11.6. The molecule has 2 fully saturated rings. The molecule has 3 aliphatic heterocycles. The van der Waals surface area contributed by atoms with E-state index in [2.05, 4.69) is 6.07 Å². The minimum Gasteiger partial charge on any atom is -0.490 e. The zero-order valence-electron chi connectivity index (χ0n) is 18.7. The number of rotatable bonds is 3. The molecule has 2 atom stereocenters. The Morgan fingerprint density at radius 3 is 2.45 bits per heavy atom. The van der Waals surface area contributed by atoms with Gasteiger partial charge in [0.25, 0.3) is 5.91 Å². The Kier molecular flexibility index (Phi) is 6.45. The van der Waals surface area contributed by atoms with Gasteiger partial charge in [-0.1, -0.05) is 17.7 Å². The van der Waals surface area contributed by atoms with Crippen LogP contribution in [0.5, 0.6) is 11.5 Å². The lowest BCUT2D eigenvalue weighted by atomic mass is 9.94. The van der Waals surface area contributed by atoms with E-state index in [1.165, 1.54) is 0 Å². The standard InChI is InChI=1S/C26H29ClN2O4/c27-21-9-6-18(7-10-21)25(30)28-12-1-4-20(17-28)26(31)29-13-2-5-22(29)19-8-11-23-24(16-19)33-15-3-14-32-23/h6-11,16,20,22H,1-5,12-15,17H2/t20-,22-/m0/s1. The highest BCUT2D eigenvalue weighted by molar-refractivity contribution is 6.30. The van der Waals surface area contributed by atoms with Gasteiger partial charge in [0.2, 0.25) is 5.91 Å². The number of fused-ring (bicyclic) bond motifs is 1. The van der Waals surface area contributed by atoms with Crippen molar-refractivity contribution < 1.29 is 19.1 Å². The van der Waals surface area contributed by atoms with E-state index in [9.17, 15) is 9.59 Å². The van der Waals surface area contributed by atoms with E-state index >= 15 is 0 Å². The zero-order chi connectivity index (χ0) is 22.8. The number of benzene rings is 2. The van der Waals surface area contributed by atoms with E-state index in [4.69, 9.17) is 21.1 Å². The second-order valence-electron chi connectivity index (χ2n) is 9.04. The second-order valence-corrected chi connectivity index (χ2v) is 9.48. The summed E-state index contributed by atoms with van der Waals surface area (Å²) in [4.78, 5) is 30.4. The summed E-state index contributed by atoms with van der Waals surface area (Å²) in [6.45, 7) is 3.19. The highest BCUT2D eigenvalue weighted by Gasteiger charge is 2.37. The fraction of sp³-hybridized carbons (Fsp3) is 0.462. The Morgan fingerprint density at radius 2 is 1.64 bits per heavy atom. The second kappa shape index (κ2) is 9.64. The van der Waals surface area contributed by atoms with Crippen molar-refractivity contribution in [3.05, 3.63) is 58.6 Å². The normalized spacial score (nSPS) is 22.7. The molecule has 7 heteroatoms. The van der Waals surface area contributed by atoms with Crippen LogP contribution < -0.4 is 9.47 Å². The van der Waals surface area contributed by atoms with E-state index in [1.807, 2.05) is 21.9 Å². The van der Waals surface area contributed by atoms with Crippen molar-refractivity contribution in [1.82, 2.24) is 9.80 Å². The van der Waals surface area contributed by atoms with Crippen LogP contribution in [0.4, 0.5) is 0 Å². The fourth-order valence-corrected chi connectivity index (χ4v) is 5.26. The van der Waals surface area contributed by atoms with Crippen LogP contribution in [0, 0.1) is 5.92 Å². The van der Waals surface area contributed by atoms with E-state index in [0.717, 1.165) is 55.7 Å². The third kappa shape index (κ3) is 4.67. The minimum absolute atomic E-state index is 0.0370. The predicted molar refractivity (Wildman–Crippen MR) is 126 cm³/mol. The van der Waals surface area contributed by atoms with Crippen LogP contribution in [0.3, 0.4) is 0 Å². The van der Waals surface area contributed by atoms with Gasteiger partial charge in [-0.3, -0.25) is 9.59 Å². The third-order valence-electron chi connectivity index (χ3n) is 6.84. The first-order valence-corrected chi connectivity index (χ1v) is 12.2. The summed E-state index contributed by atoms with van der Waals surface area (Å²) in [5, 5.41) is 0.605. The summed E-state index contributed by atoms with van der Waals surface area (Å²) in [6.07, 6.45) is 4.42. The van der Waals surface area contributed by atoms with Crippen LogP contribution >= 0.6 is 11.6 Å². The molecule has 2 saturated heterocycles. The molecule has 0 unspecified atom stereocenters. The molecular weight excluding hydrogens is 440 g/mol. The number of piperidine rings is 1. The summed E-state index contributed by atoms with van der Waals surface area (Å²) in [7, 11) is 0. The van der Waals surface area contributed by atoms with Gasteiger partial charge in [0.1, 0.15) is 0 Å². The number of hydrogen-bond acceptors (Lipinski definition) is 4. The van der Waals surface area contributed by atoms with Gasteiger partial charge in [-0.2, -0.15) is 0 Å². The third-order valence-corrected chi connectivity index (χ3v) is 7.09. The smallest absolute Gasteiger partial charge is 0.253 e. The topological polar surface area (TPSA) is 59.1 Å². The number of ether oxygens (including phenoxy) is 2. The van der Waals surface area contributed by atoms with Crippen molar-refractivity contribution in [2.75, 3.05) is 32.8 Å². The minimum atomic E-state index is -0.170. The molecule has 3 heterocycles. The van der Waals surface area contributed by atoms with Gasteiger partial charge < -0.3 is 19.3 Å². The van der Waals surface area contributed by atoms with Crippen LogP contribution in [0.25, 0.3) is 0 Å². The fourth-order valence-electron chi connectivity index (χ4n) is 5.14. The number of amides is 2. The number of likely N-dealkylation sites (tertiary alicyclic amines) is 2. The molecule has 0 N–H and O–H groups in total. The molecule has 2 aromatic rings. The van der Waals surface area contributed by atoms with E-state index in [1.54, 1.807) is 24.3 Å². The summed E-state index contributed by atoms with van der Waals surface area (Å²) >= 11 is 5.96. The molecule has 2 aromatic carbocycles. The van der Waals surface area contributed by atoms with Gasteiger partial charge in [-0.05, 0) is 67.6 Å². The molecule has 6 nitrogen and oxygen atoms in total. The largest absolute Gasteiger partial charge is 0.490 e. The Labute approximate surface area is 199 Å². The molecule has 0 saturated carbocycles. The number of carbonyl (C=O) groups excluding carboxylic acids is 2. The lowest BCUT2D eigenvalue weighted by Gasteiger charge is -2.36. The zero-order valence-corrected chi connectivity index (χ0v) is 19.4. The Bertz CT molecular complexity index is 1030. The van der Waals surface area contributed by atoms with Crippen LogP contribution in [-0.2, 0) is 4.79 Å². The molecule has 0 aliphatic carbocycles. The number of halogens is 1. The van der Waals surface area contributed by atoms with Crippen molar-refractivity contribution >= 4 is 23.4 Å². The van der Waals surface area contributed by atoms with Gasteiger partial charge in [0, 0.05) is 36.6 Å². The van der Waals surface area contributed by atoms with Crippen molar-refractivity contribution in [3.63, 3.8) is 0 Å². The highest BCUT2D eigenvalue weighted by Crippen LogP contribution is 2.39. The summed E-state index contributed by atoms with van der Waals surface area (Å²) in [5.74, 6) is 1.48. The first kappa shape index (κ1) is 22.1. The summed E-state index contributed by atoms with van der Waals surface area (Å²) in [6, 6.07) is 13.0. The van der Waals surface area contributed by atoms with Crippen molar-refractivity contribution in [1.29, 1.82) is 0 Å². The maximum absolute atomic E-state index is 13.6. The van der Waals surface area contributed by atoms with Crippen LogP contribution in [0.2, 0.25) is 5.02 Å². The monoisotopic (exact) mass is 468 g/mol. The van der Waals surface area contributed by atoms with E-state index < -0.39 is 0 Å². The first-order chi connectivity index (χ1) is 16.1. The van der Waals surface area contributed by atoms with E-state index in [0.29, 0.717) is 36.9 Å². The molecule has 5 rings (SSSR count). The van der Waals surface area contributed by atoms with Crippen LogP contribution in [0.15, 0.2) is 42.5 Å². The van der Waals surface area contributed by atoms with E-state index in [-0.39, 0.29) is 23.8 Å². The Morgan fingerprint density at radius 1 is 0.879 bits per heavy atom. The SMILES string of the molecule is O=C(c1ccc(Cl)cc1)N1CCC[C@H](C(=O)N2CCC[C@H]2c2ccc3c(c2)OCCCO3)C1. The Balaban J connectivity index is 1.29. The average molecular weight is 469 g/mol. The quantitative estimate of drug-likeness (QED) is 0.654. The van der Waals surface area contributed by atoms with Gasteiger partial charge in [0.15, 0.2) is 11.5 Å². The molecule has 3 aliphatic rings. The molecule has 0 aromatic heterocycles. The molecule has 174 valence electrons. The molecule has 0 bridgehead atoms. The molecular formula is C26H29ClN2O4. The maximum Gasteiger partial charge on any atom is 0.253 e. The van der Waals surface area contributed by atoms with Crippen LogP contribution in [0.1, 0.15) is 54.1 Å². The van der Waals surface area contributed by atoms with Gasteiger partial charge >= 0.3 is 0 Å². The molecule has 0 radical (unpaired) electrons. The lowest BCUT2D eigenvalue weighted by Crippen LogP contribution is -2.46. The van der Waals surface area contributed by atoms with Crippen molar-refractivity contribution in [3.8, 4) is 11.5 Å². The summed E-state index contributed by atoms with van der Waals surface area (Å²) in [5.41, 5.74) is 1.70. The van der Waals surface area contributed by atoms with Crippen molar-refractivity contribution in [2.45, 2.75) is 38.1 Å². The molecule has 33 heavy (non-hydrogen) atoms. The number of carbonyl (C=O) groups is 2. The highest BCUT2D eigenvalue weighted by atomic mass is 35.5. The number of nitrogens with zero attached hydrogens (tertiary/aromatic N) is 2. The van der Waals surface area contributed by atoms with Gasteiger partial charge in [-0.25, -0.2) is 0 Å². The van der Waals surface area contributed by atoms with Gasteiger partial charge in [0.05, 0.1) is 25.2 Å². The van der Waals surface area contributed by atoms with Crippen molar-refractivity contribution in [2.24, 2.45) is 5.92 Å². The molecule has 0 spiro atoms. The first-order valence-electron chi connectivity index (χ1n) is 11.8. The van der Waals surface area contributed by atoms with Gasteiger partial charge in [-0.15, -0.1) is 0 Å². The lowest BCUT2D eigenvalue weighted by molar-refractivity contribution is -0.138. The number of hydrogen-bond donors (Lipinski definition) is 0. The predicted octanol–water partition coefficient (Wildman–Crippen LogP) is 4.72. The van der Waals surface area contributed by atoms with Crippen LogP contribution in [-0.4, -0.2) is 54.5 Å².